The number of aliphatic hydroxyl groups is 1. The maximum absolute atomic E-state index is 13.1. The fourth-order valence-corrected chi connectivity index (χ4v) is 6.41. The molecule has 0 spiro atoms. The van der Waals surface area contributed by atoms with Gasteiger partial charge in [-0.1, -0.05) is 11.3 Å². The quantitative estimate of drug-likeness (QED) is 0.749. The number of amides is 2. The first-order valence-electron chi connectivity index (χ1n) is 9.17. The van der Waals surface area contributed by atoms with E-state index in [9.17, 15) is 9.59 Å². The van der Waals surface area contributed by atoms with E-state index in [0.717, 1.165) is 37.0 Å². The van der Waals surface area contributed by atoms with Crippen molar-refractivity contribution in [1.82, 2.24) is 10.3 Å². The first-order chi connectivity index (χ1) is 12.0. The standard InChI is InChI=1S/C18H25N3O3S/c1-10-14(15(23)19-2-3-22)25-17(20-10)21-16(24)18-7-11-4-12(8-18)6-13(5-11)9-18/h11-13,22H,2-9H2,1H3,(H,19,23)(H,20,21,24). The van der Waals surface area contributed by atoms with Gasteiger partial charge >= 0.3 is 0 Å². The van der Waals surface area contributed by atoms with Gasteiger partial charge in [0.1, 0.15) is 4.88 Å². The normalized spacial score (nSPS) is 32.6. The van der Waals surface area contributed by atoms with Gasteiger partial charge in [0.15, 0.2) is 5.13 Å². The lowest BCUT2D eigenvalue weighted by Crippen LogP contribution is -2.51. The summed E-state index contributed by atoms with van der Waals surface area (Å²) in [6.45, 7) is 1.88. The van der Waals surface area contributed by atoms with Gasteiger partial charge in [-0.3, -0.25) is 9.59 Å². The fraction of sp³-hybridized carbons (Fsp3) is 0.722. The molecule has 1 aromatic rings. The highest BCUT2D eigenvalue weighted by atomic mass is 32.1. The molecule has 0 aromatic carbocycles. The molecule has 5 rings (SSSR count). The third-order valence-corrected chi connectivity index (χ3v) is 7.21. The summed E-state index contributed by atoms with van der Waals surface area (Å²) in [5.74, 6) is 2.00. The zero-order valence-corrected chi connectivity index (χ0v) is 15.3. The van der Waals surface area contributed by atoms with Crippen LogP contribution in [0.1, 0.15) is 53.9 Å². The van der Waals surface area contributed by atoms with Gasteiger partial charge in [0.05, 0.1) is 17.7 Å². The van der Waals surface area contributed by atoms with E-state index in [0.29, 0.717) is 15.7 Å². The van der Waals surface area contributed by atoms with Gasteiger partial charge in [-0.05, 0) is 63.2 Å². The Morgan fingerprint density at radius 1 is 1.20 bits per heavy atom. The van der Waals surface area contributed by atoms with Gasteiger partial charge in [-0.2, -0.15) is 0 Å². The molecule has 4 aliphatic carbocycles. The number of aryl methyl sites for hydroxylation is 1. The summed E-state index contributed by atoms with van der Waals surface area (Å²) >= 11 is 1.21. The van der Waals surface area contributed by atoms with E-state index in [-0.39, 0.29) is 30.4 Å². The fourth-order valence-electron chi connectivity index (χ4n) is 5.53. The molecule has 0 unspecified atom stereocenters. The van der Waals surface area contributed by atoms with Crippen molar-refractivity contribution in [2.75, 3.05) is 18.5 Å². The highest BCUT2D eigenvalue weighted by Gasteiger charge is 2.54. The molecule has 25 heavy (non-hydrogen) atoms. The number of nitrogens with zero attached hydrogens (tertiary/aromatic N) is 1. The number of nitrogens with one attached hydrogen (secondary N) is 2. The molecule has 4 saturated carbocycles. The lowest BCUT2D eigenvalue weighted by Gasteiger charge is -2.55. The van der Waals surface area contributed by atoms with Crippen molar-refractivity contribution in [2.24, 2.45) is 23.2 Å². The number of carbonyl (C=O) groups excluding carboxylic acids is 2. The number of anilines is 1. The zero-order valence-electron chi connectivity index (χ0n) is 14.5. The van der Waals surface area contributed by atoms with Crippen LogP contribution in [0.15, 0.2) is 0 Å². The van der Waals surface area contributed by atoms with Gasteiger partial charge in [0.25, 0.3) is 5.91 Å². The van der Waals surface area contributed by atoms with Crippen molar-refractivity contribution in [2.45, 2.75) is 45.4 Å². The van der Waals surface area contributed by atoms with Crippen LogP contribution in [0.2, 0.25) is 0 Å². The maximum atomic E-state index is 13.1. The second kappa shape index (κ2) is 6.36. The lowest BCUT2D eigenvalue weighted by atomic mass is 9.49. The minimum atomic E-state index is -0.251. The summed E-state index contributed by atoms with van der Waals surface area (Å²) in [4.78, 5) is 30.0. The molecule has 2 amide bonds. The topological polar surface area (TPSA) is 91.3 Å². The molecule has 4 bridgehead atoms. The molecule has 1 aromatic heterocycles. The van der Waals surface area contributed by atoms with Crippen molar-refractivity contribution in [3.05, 3.63) is 10.6 Å². The molecule has 7 heteroatoms. The average molecular weight is 363 g/mol. The first kappa shape index (κ1) is 17.0. The Balaban J connectivity index is 1.47. The van der Waals surface area contributed by atoms with Crippen LogP contribution in [-0.2, 0) is 4.79 Å². The molecule has 1 heterocycles. The van der Waals surface area contributed by atoms with Crippen molar-refractivity contribution < 1.29 is 14.7 Å². The Kier molecular flexibility index (Phi) is 4.32. The van der Waals surface area contributed by atoms with Crippen LogP contribution in [0, 0.1) is 30.1 Å². The average Bonchev–Trinajstić information content (AvgIpc) is 2.92. The summed E-state index contributed by atoms with van der Waals surface area (Å²) < 4.78 is 0. The molecule has 3 N–H and O–H groups in total. The molecule has 0 aliphatic heterocycles. The Morgan fingerprint density at radius 2 is 1.80 bits per heavy atom. The van der Waals surface area contributed by atoms with Crippen LogP contribution in [-0.4, -0.2) is 35.1 Å². The molecule has 0 atom stereocenters. The van der Waals surface area contributed by atoms with Crippen molar-refractivity contribution >= 4 is 28.3 Å². The SMILES string of the molecule is Cc1nc(NC(=O)C23CC4CC(CC(C4)C2)C3)sc1C(=O)NCCO. The molecule has 0 radical (unpaired) electrons. The van der Waals surface area contributed by atoms with E-state index in [4.69, 9.17) is 5.11 Å². The summed E-state index contributed by atoms with van der Waals surface area (Å²) in [6.07, 6.45) is 6.95. The second-order valence-electron chi connectivity index (χ2n) is 8.07. The summed E-state index contributed by atoms with van der Waals surface area (Å²) in [6, 6.07) is 0. The highest BCUT2D eigenvalue weighted by molar-refractivity contribution is 7.17. The summed E-state index contributed by atoms with van der Waals surface area (Å²) in [5, 5.41) is 15.0. The molecule has 0 saturated heterocycles. The van der Waals surface area contributed by atoms with E-state index in [1.165, 1.54) is 30.6 Å². The highest BCUT2D eigenvalue weighted by Crippen LogP contribution is 2.60. The minimum Gasteiger partial charge on any atom is -0.395 e. The number of rotatable bonds is 5. The molecular formula is C18H25N3O3S. The van der Waals surface area contributed by atoms with E-state index < -0.39 is 0 Å². The van der Waals surface area contributed by atoms with Crippen LogP contribution in [0.4, 0.5) is 5.13 Å². The first-order valence-corrected chi connectivity index (χ1v) is 9.98. The van der Waals surface area contributed by atoms with E-state index in [1.807, 2.05) is 0 Å². The third-order valence-electron chi connectivity index (χ3n) is 6.14. The smallest absolute Gasteiger partial charge is 0.263 e. The van der Waals surface area contributed by atoms with Gasteiger partial charge in [-0.25, -0.2) is 4.98 Å². The van der Waals surface area contributed by atoms with Crippen LogP contribution < -0.4 is 10.6 Å². The predicted molar refractivity (Wildman–Crippen MR) is 95.5 cm³/mol. The molecular weight excluding hydrogens is 338 g/mol. The number of carbonyl (C=O) groups is 2. The number of aliphatic hydroxyl groups excluding tert-OH is 1. The summed E-state index contributed by atoms with van der Waals surface area (Å²) in [5.41, 5.74) is 0.398. The predicted octanol–water partition coefficient (Wildman–Crippen LogP) is 2.33. The maximum Gasteiger partial charge on any atom is 0.263 e. The van der Waals surface area contributed by atoms with E-state index >= 15 is 0 Å². The van der Waals surface area contributed by atoms with Crippen LogP contribution in [0.25, 0.3) is 0 Å². The molecule has 4 aliphatic rings. The Labute approximate surface area is 151 Å². The Morgan fingerprint density at radius 3 is 2.36 bits per heavy atom. The Hall–Kier alpha value is -1.47. The number of hydrogen-bond acceptors (Lipinski definition) is 5. The van der Waals surface area contributed by atoms with Crippen molar-refractivity contribution in [1.29, 1.82) is 0 Å². The largest absolute Gasteiger partial charge is 0.395 e. The number of thiazole rings is 1. The number of aromatic nitrogens is 1. The van der Waals surface area contributed by atoms with Crippen molar-refractivity contribution in [3.63, 3.8) is 0 Å². The number of hydrogen-bond donors (Lipinski definition) is 3. The minimum absolute atomic E-state index is 0.0980. The molecule has 4 fully saturated rings. The van der Waals surface area contributed by atoms with E-state index in [2.05, 4.69) is 15.6 Å². The van der Waals surface area contributed by atoms with E-state index in [1.54, 1.807) is 6.92 Å². The van der Waals surface area contributed by atoms with Crippen molar-refractivity contribution in [3.8, 4) is 0 Å². The van der Waals surface area contributed by atoms with Gasteiger partial charge in [0, 0.05) is 6.54 Å². The zero-order chi connectivity index (χ0) is 17.6. The van der Waals surface area contributed by atoms with Gasteiger partial charge in [-0.15, -0.1) is 0 Å². The Bertz CT molecular complexity index is 664. The lowest BCUT2D eigenvalue weighted by molar-refractivity contribution is -0.140. The van der Waals surface area contributed by atoms with Crippen LogP contribution in [0.5, 0.6) is 0 Å². The molecule has 136 valence electrons. The van der Waals surface area contributed by atoms with Crippen LogP contribution >= 0.6 is 11.3 Å². The monoisotopic (exact) mass is 363 g/mol. The summed E-state index contributed by atoms with van der Waals surface area (Å²) in [7, 11) is 0. The van der Waals surface area contributed by atoms with Gasteiger partial charge in [0.2, 0.25) is 5.91 Å². The van der Waals surface area contributed by atoms with Crippen LogP contribution in [0.3, 0.4) is 0 Å². The van der Waals surface area contributed by atoms with Gasteiger partial charge < -0.3 is 15.7 Å². The second-order valence-corrected chi connectivity index (χ2v) is 9.06. The third kappa shape index (κ3) is 3.08. The molecule has 6 nitrogen and oxygen atoms in total.